The van der Waals surface area contributed by atoms with E-state index in [1.54, 1.807) is 0 Å². The Labute approximate surface area is 189 Å². The summed E-state index contributed by atoms with van der Waals surface area (Å²) in [7, 11) is 0. The number of carbonyl (C=O) groups is 1. The molecule has 0 amide bonds. The normalized spacial score (nSPS) is 20.1. The maximum absolute atomic E-state index is 13.2. The van der Waals surface area contributed by atoms with Crippen molar-refractivity contribution in [1.82, 2.24) is 9.80 Å². The van der Waals surface area contributed by atoms with Gasteiger partial charge in [-0.2, -0.15) is 0 Å². The van der Waals surface area contributed by atoms with Crippen molar-refractivity contribution in [2.24, 2.45) is 0 Å². The topological polar surface area (TPSA) is 51.2 Å². The van der Waals surface area contributed by atoms with E-state index in [1.807, 2.05) is 50.3 Å². The summed E-state index contributed by atoms with van der Waals surface area (Å²) in [6, 6.07) is 9.99. The molecule has 0 radical (unpaired) electrons. The van der Waals surface area contributed by atoms with Crippen molar-refractivity contribution in [3.8, 4) is 11.5 Å². The maximum Gasteiger partial charge on any atom is 0.232 e. The third-order valence-electron chi connectivity index (χ3n) is 6.52. The summed E-state index contributed by atoms with van der Waals surface area (Å²) >= 11 is 0. The summed E-state index contributed by atoms with van der Waals surface area (Å²) in [6.07, 6.45) is 2.93. The molecule has 0 aliphatic carbocycles. The lowest BCUT2D eigenvalue weighted by molar-refractivity contribution is 0.0329. The highest BCUT2D eigenvalue weighted by Crippen LogP contribution is 2.44. The number of morpholine rings is 1. The molecule has 168 valence electrons. The highest BCUT2D eigenvalue weighted by atomic mass is 16.5. The minimum absolute atomic E-state index is 0.0482. The summed E-state index contributed by atoms with van der Waals surface area (Å²) in [5.41, 5.74) is 4.65. The number of nitrogens with zero attached hydrogens (tertiary/aromatic N) is 2. The largest absolute Gasteiger partial charge is 0.478 e. The van der Waals surface area contributed by atoms with Crippen LogP contribution < -0.4 is 9.47 Å². The molecule has 0 bridgehead atoms. The third kappa shape index (κ3) is 4.18. The average Bonchev–Trinajstić information content (AvgIpc) is 3.13. The van der Waals surface area contributed by atoms with Gasteiger partial charge in [-0.25, -0.2) is 0 Å². The summed E-state index contributed by atoms with van der Waals surface area (Å²) in [5.74, 6) is 1.83. The first-order valence-electron chi connectivity index (χ1n) is 11.4. The lowest BCUT2D eigenvalue weighted by atomic mass is 9.98. The van der Waals surface area contributed by atoms with Crippen molar-refractivity contribution in [2.75, 3.05) is 46.1 Å². The number of allylic oxidation sites excluding steroid dienone is 1. The molecule has 6 nitrogen and oxygen atoms in total. The second kappa shape index (κ2) is 9.06. The van der Waals surface area contributed by atoms with Gasteiger partial charge in [0.1, 0.15) is 18.2 Å². The van der Waals surface area contributed by atoms with Crippen molar-refractivity contribution in [1.29, 1.82) is 0 Å². The fourth-order valence-corrected chi connectivity index (χ4v) is 4.65. The van der Waals surface area contributed by atoms with E-state index >= 15 is 0 Å². The predicted molar refractivity (Wildman–Crippen MR) is 123 cm³/mol. The van der Waals surface area contributed by atoms with E-state index in [0.29, 0.717) is 23.8 Å². The Hall–Kier alpha value is -2.67. The molecular weight excluding hydrogens is 404 g/mol. The summed E-state index contributed by atoms with van der Waals surface area (Å²) in [6.45, 7) is 11.0. The fraction of sp³-hybridized carbons (Fsp3) is 0.423. The van der Waals surface area contributed by atoms with Crippen molar-refractivity contribution in [3.05, 3.63) is 63.9 Å². The van der Waals surface area contributed by atoms with E-state index in [1.165, 1.54) is 0 Å². The Bertz CT molecular complexity index is 1060. The SMILES string of the molecule is Cc1ccccc1/C=C1\Oc2c3c(cc(C)c2C1=O)OCN(CCCN1CCOCC1)C3. The lowest BCUT2D eigenvalue weighted by Crippen LogP contribution is -2.39. The van der Waals surface area contributed by atoms with Gasteiger partial charge in [0.2, 0.25) is 5.78 Å². The Balaban J connectivity index is 1.33. The van der Waals surface area contributed by atoms with Gasteiger partial charge in [-0.15, -0.1) is 0 Å². The molecule has 1 fully saturated rings. The summed E-state index contributed by atoms with van der Waals surface area (Å²) < 4.78 is 17.7. The molecule has 0 spiro atoms. The molecule has 6 heteroatoms. The van der Waals surface area contributed by atoms with Crippen LogP contribution in [0.25, 0.3) is 6.08 Å². The average molecular weight is 435 g/mol. The quantitative estimate of drug-likeness (QED) is 0.668. The molecule has 0 aromatic heterocycles. The minimum Gasteiger partial charge on any atom is -0.478 e. The van der Waals surface area contributed by atoms with E-state index < -0.39 is 0 Å². The Kier molecular flexibility index (Phi) is 6.00. The predicted octanol–water partition coefficient (Wildman–Crippen LogP) is 3.79. The highest BCUT2D eigenvalue weighted by Gasteiger charge is 2.35. The maximum atomic E-state index is 13.2. The molecule has 32 heavy (non-hydrogen) atoms. The zero-order chi connectivity index (χ0) is 22.1. The van der Waals surface area contributed by atoms with Crippen LogP contribution in [0.2, 0.25) is 0 Å². The molecule has 5 rings (SSSR count). The fourth-order valence-electron chi connectivity index (χ4n) is 4.65. The van der Waals surface area contributed by atoms with Gasteiger partial charge < -0.3 is 14.2 Å². The van der Waals surface area contributed by atoms with E-state index in [4.69, 9.17) is 14.2 Å². The first kappa shape index (κ1) is 21.2. The number of ether oxygens (including phenoxy) is 3. The van der Waals surface area contributed by atoms with Crippen LogP contribution in [0.15, 0.2) is 36.1 Å². The van der Waals surface area contributed by atoms with Crippen molar-refractivity contribution in [3.63, 3.8) is 0 Å². The van der Waals surface area contributed by atoms with Crippen LogP contribution in [0, 0.1) is 13.8 Å². The molecule has 0 atom stereocenters. The second-order valence-electron chi connectivity index (χ2n) is 8.80. The summed E-state index contributed by atoms with van der Waals surface area (Å²) in [4.78, 5) is 17.9. The van der Waals surface area contributed by atoms with Crippen LogP contribution in [-0.2, 0) is 11.3 Å². The molecule has 3 aliphatic rings. The zero-order valence-electron chi connectivity index (χ0n) is 18.9. The van der Waals surface area contributed by atoms with Gasteiger partial charge in [0.15, 0.2) is 5.76 Å². The summed E-state index contributed by atoms with van der Waals surface area (Å²) in [5, 5.41) is 0. The van der Waals surface area contributed by atoms with Gasteiger partial charge in [0, 0.05) is 26.2 Å². The molecule has 1 saturated heterocycles. The number of carbonyl (C=O) groups excluding carboxylic acids is 1. The molecule has 2 aromatic carbocycles. The molecule has 0 saturated carbocycles. The van der Waals surface area contributed by atoms with Crippen LogP contribution in [-0.4, -0.2) is 61.7 Å². The zero-order valence-corrected chi connectivity index (χ0v) is 18.9. The second-order valence-corrected chi connectivity index (χ2v) is 8.80. The molecular formula is C26H30N2O4. The van der Waals surface area contributed by atoms with Crippen molar-refractivity contribution in [2.45, 2.75) is 26.8 Å². The van der Waals surface area contributed by atoms with Gasteiger partial charge in [-0.3, -0.25) is 14.6 Å². The van der Waals surface area contributed by atoms with Gasteiger partial charge >= 0.3 is 0 Å². The minimum atomic E-state index is -0.0482. The van der Waals surface area contributed by atoms with Crippen LogP contribution in [0.5, 0.6) is 11.5 Å². The van der Waals surface area contributed by atoms with E-state index in [2.05, 4.69) is 9.80 Å². The van der Waals surface area contributed by atoms with Gasteiger partial charge in [0.05, 0.1) is 24.3 Å². The van der Waals surface area contributed by atoms with Crippen molar-refractivity contribution < 1.29 is 19.0 Å². The van der Waals surface area contributed by atoms with E-state index in [-0.39, 0.29) is 5.78 Å². The van der Waals surface area contributed by atoms with Crippen LogP contribution >= 0.6 is 0 Å². The number of rotatable bonds is 5. The third-order valence-corrected chi connectivity index (χ3v) is 6.52. The number of hydrogen-bond donors (Lipinski definition) is 0. The lowest BCUT2D eigenvalue weighted by Gasteiger charge is -2.31. The number of aryl methyl sites for hydroxylation is 2. The number of hydrogen-bond acceptors (Lipinski definition) is 6. The van der Waals surface area contributed by atoms with Gasteiger partial charge in [0.25, 0.3) is 0 Å². The van der Waals surface area contributed by atoms with Crippen LogP contribution in [0.3, 0.4) is 0 Å². The first-order valence-corrected chi connectivity index (χ1v) is 11.4. The molecule has 0 unspecified atom stereocenters. The molecule has 2 aromatic rings. The monoisotopic (exact) mass is 434 g/mol. The number of ketones is 1. The molecule has 0 N–H and O–H groups in total. The Morgan fingerprint density at radius 3 is 2.62 bits per heavy atom. The Morgan fingerprint density at radius 1 is 1.03 bits per heavy atom. The standard InChI is InChI=1S/C26H30N2O4/c1-18-6-3-4-7-20(18)15-23-25(29)24-19(2)14-22-21(26(24)32-23)16-28(17-31-22)9-5-8-27-10-12-30-13-11-27/h3-4,6-7,14-15H,5,8-13,16-17H2,1-2H3/b23-15-. The number of benzene rings is 2. The molecule has 3 heterocycles. The number of fused-ring (bicyclic) bond motifs is 3. The highest BCUT2D eigenvalue weighted by molar-refractivity contribution is 6.16. The van der Waals surface area contributed by atoms with Gasteiger partial charge in [-0.1, -0.05) is 24.3 Å². The Morgan fingerprint density at radius 2 is 1.81 bits per heavy atom. The van der Waals surface area contributed by atoms with E-state index in [0.717, 1.165) is 80.4 Å². The van der Waals surface area contributed by atoms with Crippen LogP contribution in [0.1, 0.15) is 39.0 Å². The van der Waals surface area contributed by atoms with Crippen LogP contribution in [0.4, 0.5) is 0 Å². The van der Waals surface area contributed by atoms with Gasteiger partial charge in [-0.05, 0) is 55.6 Å². The smallest absolute Gasteiger partial charge is 0.232 e. The van der Waals surface area contributed by atoms with E-state index in [9.17, 15) is 4.79 Å². The van der Waals surface area contributed by atoms with Crippen molar-refractivity contribution >= 4 is 11.9 Å². The number of Topliss-reactive ketones (excluding diaryl/α,β-unsaturated/α-hetero) is 1. The first-order chi connectivity index (χ1) is 15.6. The molecule has 3 aliphatic heterocycles.